The van der Waals surface area contributed by atoms with Gasteiger partial charge >= 0.3 is 11.7 Å². The van der Waals surface area contributed by atoms with E-state index in [0.29, 0.717) is 22.5 Å². The minimum Gasteiger partial charge on any atom is -0.456 e. The van der Waals surface area contributed by atoms with Crippen LogP contribution in [0.4, 0.5) is 4.39 Å². The zero-order valence-corrected chi connectivity index (χ0v) is 17.9. The normalized spacial score (nSPS) is 10.9. The minimum absolute atomic E-state index is 0.0780. The van der Waals surface area contributed by atoms with Crippen molar-refractivity contribution in [3.63, 3.8) is 0 Å². The molecule has 0 aliphatic heterocycles. The number of carbonyl (C=O) groups is 2. The van der Waals surface area contributed by atoms with Crippen LogP contribution in [-0.4, -0.2) is 32.7 Å². The van der Waals surface area contributed by atoms with Crippen molar-refractivity contribution in [2.75, 3.05) is 6.61 Å². The zero-order valence-electron chi connectivity index (χ0n) is 17.9. The van der Waals surface area contributed by atoms with E-state index in [2.05, 4.69) is 5.10 Å². The molecule has 0 saturated heterocycles. The van der Waals surface area contributed by atoms with Gasteiger partial charge in [0.05, 0.1) is 0 Å². The van der Waals surface area contributed by atoms with Gasteiger partial charge in [0.2, 0.25) is 11.7 Å². The fourth-order valence-corrected chi connectivity index (χ4v) is 3.55. The average molecular weight is 449 g/mol. The number of Topliss-reactive ketones (excluding diaryl/α,β-unsaturated/α-hetero) is 1. The topological polar surface area (TPSA) is 96.3 Å². The van der Waals surface area contributed by atoms with Crippen molar-refractivity contribution in [2.45, 2.75) is 20.4 Å². The fourth-order valence-electron chi connectivity index (χ4n) is 3.55. The maximum Gasteiger partial charge on any atom is 0.437 e. The maximum atomic E-state index is 13.6. The number of esters is 1. The first-order valence-electron chi connectivity index (χ1n) is 10.1. The number of aromatic nitrogens is 3. The van der Waals surface area contributed by atoms with Gasteiger partial charge in [-0.25, -0.2) is 9.18 Å². The predicted molar refractivity (Wildman–Crippen MR) is 117 cm³/mol. The van der Waals surface area contributed by atoms with Crippen molar-refractivity contribution in [3.8, 4) is 17.1 Å². The van der Waals surface area contributed by atoms with E-state index in [-0.39, 0.29) is 11.7 Å². The van der Waals surface area contributed by atoms with Gasteiger partial charge in [-0.2, -0.15) is 4.68 Å². The number of ether oxygens (including phenoxy) is 1. The van der Waals surface area contributed by atoms with Crippen molar-refractivity contribution < 1.29 is 23.1 Å². The Kier molecular flexibility index (Phi) is 6.03. The maximum absolute atomic E-state index is 13.6. The Morgan fingerprint density at radius 1 is 1.06 bits per heavy atom. The highest BCUT2D eigenvalue weighted by Gasteiger charge is 2.19. The smallest absolute Gasteiger partial charge is 0.437 e. The van der Waals surface area contributed by atoms with E-state index in [0.717, 1.165) is 10.4 Å². The summed E-state index contributed by atoms with van der Waals surface area (Å²) >= 11 is 0. The molecule has 0 bridgehead atoms. The first kappa shape index (κ1) is 21.9. The number of rotatable bonds is 7. The molecule has 8 nitrogen and oxygen atoms in total. The van der Waals surface area contributed by atoms with E-state index in [9.17, 15) is 18.8 Å². The molecule has 0 N–H and O–H groups in total. The van der Waals surface area contributed by atoms with Crippen LogP contribution in [-0.2, 0) is 16.1 Å². The van der Waals surface area contributed by atoms with Crippen LogP contribution >= 0.6 is 0 Å². The van der Waals surface area contributed by atoms with Crippen LogP contribution in [0.2, 0.25) is 0 Å². The molecule has 0 atom stereocenters. The van der Waals surface area contributed by atoms with Gasteiger partial charge in [0.25, 0.3) is 0 Å². The lowest BCUT2D eigenvalue weighted by Gasteiger charge is -2.10. The molecule has 0 saturated carbocycles. The quantitative estimate of drug-likeness (QED) is 0.317. The molecule has 2 aromatic carbocycles. The molecule has 4 rings (SSSR count). The molecule has 0 fully saturated rings. The number of benzene rings is 2. The monoisotopic (exact) mass is 449 g/mol. The molecule has 0 spiro atoms. The molecule has 0 amide bonds. The van der Waals surface area contributed by atoms with Crippen molar-refractivity contribution in [3.05, 3.63) is 94.0 Å². The number of halogens is 1. The van der Waals surface area contributed by atoms with E-state index < -0.39 is 30.7 Å². The molecule has 0 aliphatic carbocycles. The highest BCUT2D eigenvalue weighted by Crippen LogP contribution is 2.22. The first-order chi connectivity index (χ1) is 15.8. The van der Waals surface area contributed by atoms with Gasteiger partial charge in [-0.1, -0.05) is 24.3 Å². The van der Waals surface area contributed by atoms with Gasteiger partial charge in [-0.05, 0) is 50.2 Å². The lowest BCUT2D eigenvalue weighted by atomic mass is 10.1. The second kappa shape index (κ2) is 9.07. The number of aryl methyl sites for hydroxylation is 1. The summed E-state index contributed by atoms with van der Waals surface area (Å²) in [6.45, 7) is 2.52. The summed E-state index contributed by atoms with van der Waals surface area (Å²) in [5, 5.41) is 3.99. The van der Waals surface area contributed by atoms with E-state index in [1.807, 2.05) is 6.07 Å². The van der Waals surface area contributed by atoms with E-state index in [4.69, 9.17) is 9.15 Å². The van der Waals surface area contributed by atoms with Crippen molar-refractivity contribution >= 4 is 11.8 Å². The zero-order chi connectivity index (χ0) is 23.5. The van der Waals surface area contributed by atoms with Crippen molar-refractivity contribution in [1.29, 1.82) is 0 Å². The Morgan fingerprint density at radius 2 is 1.82 bits per heavy atom. The summed E-state index contributed by atoms with van der Waals surface area (Å²) in [7, 11) is 0. The standard InChI is InChI=1S/C24H20FN3O5/c1-15-11-20(16(2)28(15)19-10-6-9-18(25)12-19)21(29)14-32-22(30)13-27-24(31)33-23(26-27)17-7-4-3-5-8-17/h3-12H,13-14H2,1-2H3. The Labute approximate surface area is 187 Å². The van der Waals surface area contributed by atoms with Gasteiger partial charge in [-0.15, -0.1) is 5.10 Å². The molecule has 4 aromatic rings. The molecule has 0 aliphatic rings. The number of hydrogen-bond acceptors (Lipinski definition) is 6. The van der Waals surface area contributed by atoms with Crippen molar-refractivity contribution in [1.82, 2.24) is 14.3 Å². The highest BCUT2D eigenvalue weighted by molar-refractivity contribution is 5.99. The molecule has 9 heteroatoms. The van der Waals surface area contributed by atoms with Crippen molar-refractivity contribution in [2.24, 2.45) is 0 Å². The first-order valence-corrected chi connectivity index (χ1v) is 10.1. The van der Waals surface area contributed by atoms with Gasteiger partial charge in [0.15, 0.2) is 6.61 Å². The fraction of sp³-hybridized carbons (Fsp3) is 0.167. The molecular weight excluding hydrogens is 429 g/mol. The lowest BCUT2D eigenvalue weighted by molar-refractivity contribution is -0.143. The molecule has 168 valence electrons. The summed E-state index contributed by atoms with van der Waals surface area (Å²) in [5.74, 6) is -2.35. The lowest BCUT2D eigenvalue weighted by Crippen LogP contribution is -2.24. The van der Waals surface area contributed by atoms with Gasteiger partial charge in [0.1, 0.15) is 12.4 Å². The number of nitrogens with zero attached hydrogens (tertiary/aromatic N) is 3. The van der Waals surface area contributed by atoms with Gasteiger partial charge in [-0.3, -0.25) is 9.59 Å². The molecular formula is C24H20FN3O5. The molecule has 2 heterocycles. The number of hydrogen-bond donors (Lipinski definition) is 0. The summed E-state index contributed by atoms with van der Waals surface area (Å²) in [6.07, 6.45) is 0. The molecule has 2 aromatic heterocycles. The van der Waals surface area contributed by atoms with E-state index in [1.54, 1.807) is 60.9 Å². The van der Waals surface area contributed by atoms with Crippen LogP contribution in [0.3, 0.4) is 0 Å². The molecule has 0 unspecified atom stereocenters. The Morgan fingerprint density at radius 3 is 2.55 bits per heavy atom. The van der Waals surface area contributed by atoms with Crippen LogP contribution in [0.1, 0.15) is 21.7 Å². The van der Waals surface area contributed by atoms with E-state index in [1.165, 1.54) is 12.1 Å². The summed E-state index contributed by atoms with van der Waals surface area (Å²) in [6, 6.07) is 16.4. The third-order valence-electron chi connectivity index (χ3n) is 5.07. The van der Waals surface area contributed by atoms with Gasteiger partial charge in [0, 0.05) is 28.2 Å². The Bertz CT molecular complexity index is 1380. The third-order valence-corrected chi connectivity index (χ3v) is 5.07. The predicted octanol–water partition coefficient (Wildman–Crippen LogP) is 3.48. The van der Waals surface area contributed by atoms with Gasteiger partial charge < -0.3 is 13.7 Å². The SMILES string of the molecule is Cc1cc(C(=O)COC(=O)Cn2nc(-c3ccccc3)oc2=O)c(C)n1-c1cccc(F)c1. The van der Waals surface area contributed by atoms with Crippen LogP contribution in [0.25, 0.3) is 17.1 Å². The van der Waals surface area contributed by atoms with Crippen LogP contribution in [0.5, 0.6) is 0 Å². The summed E-state index contributed by atoms with van der Waals surface area (Å²) in [5.41, 5.74) is 2.86. The van der Waals surface area contributed by atoms with Crippen LogP contribution < -0.4 is 5.76 Å². The number of carbonyl (C=O) groups excluding carboxylic acids is 2. The van der Waals surface area contributed by atoms with Crippen LogP contribution in [0.15, 0.2) is 69.9 Å². The average Bonchev–Trinajstić information content (AvgIpc) is 3.31. The Balaban J connectivity index is 1.43. The second-order valence-electron chi connectivity index (χ2n) is 7.38. The third kappa shape index (κ3) is 4.67. The second-order valence-corrected chi connectivity index (χ2v) is 7.38. The summed E-state index contributed by atoms with van der Waals surface area (Å²) < 4.78 is 26.3. The molecule has 0 radical (unpaired) electrons. The Hall–Kier alpha value is -4.27. The highest BCUT2D eigenvalue weighted by atomic mass is 19.1. The van der Waals surface area contributed by atoms with E-state index >= 15 is 0 Å². The molecule has 33 heavy (non-hydrogen) atoms. The van der Waals surface area contributed by atoms with Crippen LogP contribution in [0, 0.1) is 19.7 Å². The number of ketones is 1. The largest absolute Gasteiger partial charge is 0.456 e. The minimum atomic E-state index is -0.809. The summed E-state index contributed by atoms with van der Waals surface area (Å²) in [4.78, 5) is 36.9.